The van der Waals surface area contributed by atoms with Crippen molar-refractivity contribution in [2.45, 2.75) is 51.8 Å². The fourth-order valence-corrected chi connectivity index (χ4v) is 3.01. The summed E-state index contributed by atoms with van der Waals surface area (Å²) in [4.78, 5) is 19.2. The normalized spacial score (nSPS) is 13.7. The lowest BCUT2D eigenvalue weighted by atomic mass is 9.91. The summed E-state index contributed by atoms with van der Waals surface area (Å²) in [5.41, 5.74) is 1.13. The minimum absolute atomic E-state index is 0.0890. The standard InChI is InChI=1S/C20H24F3N3O3/c1-4-13(9-18(27)28)14-6-7-16(19(29-5-2)20(21,22)23)17(8-14)26-15-10-24-12(3)25-11-15/h6-8,10-11,13,19,26H,4-5,9H2,1-3H3,(H,27,28)/t13?,19-/m1/s1. The Morgan fingerprint density at radius 1 is 1.24 bits per heavy atom. The summed E-state index contributed by atoms with van der Waals surface area (Å²) in [5.74, 6) is -0.767. The summed E-state index contributed by atoms with van der Waals surface area (Å²) in [6, 6.07) is 4.41. The zero-order chi connectivity index (χ0) is 21.6. The lowest BCUT2D eigenvalue weighted by Crippen LogP contribution is -2.24. The quantitative estimate of drug-likeness (QED) is 0.595. The van der Waals surface area contributed by atoms with Gasteiger partial charge in [-0.15, -0.1) is 0 Å². The second kappa shape index (κ2) is 9.69. The molecule has 1 aromatic heterocycles. The molecule has 0 bridgehead atoms. The molecule has 0 saturated carbocycles. The van der Waals surface area contributed by atoms with E-state index in [0.717, 1.165) is 0 Å². The highest BCUT2D eigenvalue weighted by Crippen LogP contribution is 2.41. The number of halogens is 3. The number of hydrogen-bond acceptors (Lipinski definition) is 5. The van der Waals surface area contributed by atoms with Gasteiger partial charge in [0.2, 0.25) is 0 Å². The topological polar surface area (TPSA) is 84.3 Å². The van der Waals surface area contributed by atoms with Gasteiger partial charge in [0.15, 0.2) is 6.10 Å². The molecule has 0 saturated heterocycles. The van der Waals surface area contributed by atoms with Gasteiger partial charge in [-0.1, -0.05) is 19.1 Å². The minimum atomic E-state index is -4.61. The summed E-state index contributed by atoms with van der Waals surface area (Å²) in [5, 5.41) is 12.1. The molecule has 0 fully saturated rings. The van der Waals surface area contributed by atoms with Crippen LogP contribution in [-0.4, -0.2) is 33.8 Å². The SMILES string of the molecule is CCO[C@H](c1ccc(C(CC)CC(=O)O)cc1Nc1cnc(C)nc1)C(F)(F)F. The molecule has 2 N–H and O–H groups in total. The van der Waals surface area contributed by atoms with Crippen LogP contribution in [-0.2, 0) is 9.53 Å². The van der Waals surface area contributed by atoms with Crippen molar-refractivity contribution >= 4 is 17.3 Å². The summed E-state index contributed by atoms with van der Waals surface area (Å²) < 4.78 is 45.8. The number of benzene rings is 1. The van der Waals surface area contributed by atoms with Crippen molar-refractivity contribution in [2.75, 3.05) is 11.9 Å². The van der Waals surface area contributed by atoms with E-state index in [1.165, 1.54) is 31.5 Å². The van der Waals surface area contributed by atoms with E-state index in [1.54, 1.807) is 13.0 Å². The molecule has 6 nitrogen and oxygen atoms in total. The Kier molecular flexibility index (Phi) is 7.55. The van der Waals surface area contributed by atoms with Crippen LogP contribution in [0.2, 0.25) is 0 Å². The van der Waals surface area contributed by atoms with E-state index in [-0.39, 0.29) is 30.2 Å². The Labute approximate surface area is 167 Å². The van der Waals surface area contributed by atoms with Crippen LogP contribution in [0, 0.1) is 6.92 Å². The predicted molar refractivity (Wildman–Crippen MR) is 102 cm³/mol. The van der Waals surface area contributed by atoms with Crippen LogP contribution in [0.3, 0.4) is 0 Å². The summed E-state index contributed by atoms with van der Waals surface area (Å²) in [6.45, 7) is 4.91. The van der Waals surface area contributed by atoms with Crippen molar-refractivity contribution in [3.05, 3.63) is 47.5 Å². The van der Waals surface area contributed by atoms with Crippen molar-refractivity contribution in [2.24, 2.45) is 0 Å². The first kappa shape index (κ1) is 22.6. The van der Waals surface area contributed by atoms with Gasteiger partial charge in [0.1, 0.15) is 5.82 Å². The molecule has 1 aromatic carbocycles. The fraction of sp³-hybridized carbons (Fsp3) is 0.450. The average molecular weight is 411 g/mol. The third-order valence-electron chi connectivity index (χ3n) is 4.44. The molecule has 0 amide bonds. The van der Waals surface area contributed by atoms with Gasteiger partial charge in [0.05, 0.1) is 24.5 Å². The summed E-state index contributed by atoms with van der Waals surface area (Å²) in [7, 11) is 0. The first-order valence-electron chi connectivity index (χ1n) is 9.25. The van der Waals surface area contributed by atoms with Crippen LogP contribution in [0.25, 0.3) is 0 Å². The first-order valence-corrected chi connectivity index (χ1v) is 9.25. The molecule has 2 aromatic rings. The lowest BCUT2D eigenvalue weighted by Gasteiger charge is -2.25. The van der Waals surface area contributed by atoms with E-state index >= 15 is 0 Å². The van der Waals surface area contributed by atoms with Crippen LogP contribution < -0.4 is 5.32 Å². The van der Waals surface area contributed by atoms with Gasteiger partial charge < -0.3 is 15.2 Å². The fourth-order valence-electron chi connectivity index (χ4n) is 3.01. The Morgan fingerprint density at radius 2 is 1.90 bits per heavy atom. The predicted octanol–water partition coefficient (Wildman–Crippen LogP) is 5.14. The molecule has 9 heteroatoms. The van der Waals surface area contributed by atoms with Crippen molar-refractivity contribution in [1.29, 1.82) is 0 Å². The number of nitrogens with zero attached hydrogens (tertiary/aromatic N) is 2. The molecular weight excluding hydrogens is 387 g/mol. The third-order valence-corrected chi connectivity index (χ3v) is 4.44. The van der Waals surface area contributed by atoms with Crippen LogP contribution in [0.1, 0.15) is 55.7 Å². The molecule has 0 aliphatic carbocycles. The molecule has 0 spiro atoms. The Hall–Kier alpha value is -2.68. The number of carbonyl (C=O) groups is 1. The maximum absolute atomic E-state index is 13.6. The molecule has 0 aliphatic rings. The van der Waals surface area contributed by atoms with E-state index in [4.69, 9.17) is 9.84 Å². The smallest absolute Gasteiger partial charge is 0.418 e. The molecule has 1 unspecified atom stereocenters. The van der Waals surface area contributed by atoms with Gasteiger partial charge in [-0.25, -0.2) is 9.97 Å². The molecule has 0 aliphatic heterocycles. The number of carboxylic acid groups (broad SMARTS) is 1. The maximum Gasteiger partial charge on any atom is 0.418 e. The molecule has 158 valence electrons. The molecule has 2 rings (SSSR count). The number of hydrogen-bond donors (Lipinski definition) is 2. The van der Waals surface area contributed by atoms with E-state index in [2.05, 4.69) is 15.3 Å². The lowest BCUT2D eigenvalue weighted by molar-refractivity contribution is -0.222. The molecular formula is C20H24F3N3O3. The summed E-state index contributed by atoms with van der Waals surface area (Å²) >= 11 is 0. The second-order valence-corrected chi connectivity index (χ2v) is 6.57. The summed E-state index contributed by atoms with van der Waals surface area (Å²) in [6.07, 6.45) is -3.37. The maximum atomic E-state index is 13.6. The van der Waals surface area contributed by atoms with E-state index < -0.39 is 18.2 Å². The number of carboxylic acids is 1. The highest BCUT2D eigenvalue weighted by molar-refractivity contribution is 5.69. The number of nitrogens with one attached hydrogen (secondary N) is 1. The second-order valence-electron chi connectivity index (χ2n) is 6.57. The van der Waals surface area contributed by atoms with Gasteiger partial charge in [-0.2, -0.15) is 13.2 Å². The molecule has 0 radical (unpaired) electrons. The Morgan fingerprint density at radius 3 is 2.41 bits per heavy atom. The Bertz CT molecular complexity index is 826. The Balaban J connectivity index is 2.53. The van der Waals surface area contributed by atoms with E-state index in [1.807, 2.05) is 6.92 Å². The number of rotatable bonds is 9. The number of ether oxygens (including phenoxy) is 1. The van der Waals surface area contributed by atoms with Crippen molar-refractivity contribution < 1.29 is 27.8 Å². The number of anilines is 2. The van der Waals surface area contributed by atoms with Gasteiger partial charge in [0.25, 0.3) is 0 Å². The molecule has 1 heterocycles. The average Bonchev–Trinajstić information content (AvgIpc) is 2.65. The van der Waals surface area contributed by atoms with Crippen LogP contribution in [0.15, 0.2) is 30.6 Å². The number of alkyl halides is 3. The van der Waals surface area contributed by atoms with Crippen LogP contribution in [0.5, 0.6) is 0 Å². The van der Waals surface area contributed by atoms with Crippen LogP contribution >= 0.6 is 0 Å². The van der Waals surface area contributed by atoms with Crippen molar-refractivity contribution in [1.82, 2.24) is 9.97 Å². The van der Waals surface area contributed by atoms with Crippen molar-refractivity contribution in [3.8, 4) is 0 Å². The van der Waals surface area contributed by atoms with Gasteiger partial charge in [-0.05, 0) is 37.8 Å². The minimum Gasteiger partial charge on any atom is -0.481 e. The number of aliphatic carboxylic acids is 1. The zero-order valence-electron chi connectivity index (χ0n) is 16.5. The van der Waals surface area contributed by atoms with Crippen molar-refractivity contribution in [3.63, 3.8) is 0 Å². The molecule has 29 heavy (non-hydrogen) atoms. The van der Waals surface area contributed by atoms with Gasteiger partial charge in [0, 0.05) is 17.9 Å². The number of aryl methyl sites for hydroxylation is 1. The van der Waals surface area contributed by atoms with E-state index in [0.29, 0.717) is 23.5 Å². The highest BCUT2D eigenvalue weighted by Gasteiger charge is 2.43. The zero-order valence-corrected chi connectivity index (χ0v) is 16.5. The van der Waals surface area contributed by atoms with Gasteiger partial charge in [-0.3, -0.25) is 4.79 Å². The van der Waals surface area contributed by atoms with E-state index in [9.17, 15) is 18.0 Å². The number of aromatic nitrogens is 2. The van der Waals surface area contributed by atoms with Crippen LogP contribution in [0.4, 0.5) is 24.5 Å². The monoisotopic (exact) mass is 411 g/mol. The van der Waals surface area contributed by atoms with Gasteiger partial charge >= 0.3 is 12.1 Å². The third kappa shape index (κ3) is 6.15. The largest absolute Gasteiger partial charge is 0.481 e. The molecule has 2 atom stereocenters. The first-order chi connectivity index (χ1) is 13.7. The highest BCUT2D eigenvalue weighted by atomic mass is 19.4.